The molecule has 0 saturated heterocycles. The van der Waals surface area contributed by atoms with Crippen LogP contribution in [0.25, 0.3) is 0 Å². The molecule has 4 rings (SSSR count). The predicted octanol–water partition coefficient (Wildman–Crippen LogP) is 5.11. The Morgan fingerprint density at radius 2 is 1.90 bits per heavy atom. The molecule has 1 aromatic carbocycles. The number of aliphatic imine (C=N–C) groups is 1. The third-order valence-electron chi connectivity index (χ3n) is 5.72. The summed E-state index contributed by atoms with van der Waals surface area (Å²) in [7, 11) is 0. The van der Waals surface area contributed by atoms with E-state index in [1.165, 1.54) is 0 Å². The van der Waals surface area contributed by atoms with Crippen molar-refractivity contribution in [3.05, 3.63) is 70.0 Å². The van der Waals surface area contributed by atoms with Gasteiger partial charge in [-0.05, 0) is 56.0 Å². The van der Waals surface area contributed by atoms with Crippen molar-refractivity contribution in [2.45, 2.75) is 39.5 Å². The van der Waals surface area contributed by atoms with Gasteiger partial charge in [0.15, 0.2) is 5.78 Å². The van der Waals surface area contributed by atoms with Crippen LogP contribution in [0.1, 0.15) is 43.9 Å². The summed E-state index contributed by atoms with van der Waals surface area (Å²) in [6.45, 7) is 5.79. The highest BCUT2D eigenvalue weighted by molar-refractivity contribution is 6.30. The zero-order valence-electron chi connectivity index (χ0n) is 17.3. The number of hydrogen-bond donors (Lipinski definition) is 1. The van der Waals surface area contributed by atoms with Crippen molar-refractivity contribution >= 4 is 34.8 Å². The predicted molar refractivity (Wildman–Crippen MR) is 119 cm³/mol. The highest BCUT2D eigenvalue weighted by atomic mass is 35.5. The Kier molecular flexibility index (Phi) is 5.56. The molecular formula is C24H24ClN3O2. The number of benzene rings is 1. The van der Waals surface area contributed by atoms with Gasteiger partial charge in [-0.3, -0.25) is 14.6 Å². The number of rotatable bonds is 3. The summed E-state index contributed by atoms with van der Waals surface area (Å²) in [5, 5.41) is 3.49. The van der Waals surface area contributed by atoms with E-state index in [0.717, 1.165) is 23.4 Å². The Labute approximate surface area is 181 Å². The van der Waals surface area contributed by atoms with Crippen LogP contribution in [0.15, 0.2) is 58.7 Å². The lowest BCUT2D eigenvalue weighted by molar-refractivity contribution is -0.119. The summed E-state index contributed by atoms with van der Waals surface area (Å²) in [5.74, 6) is -0.452. The van der Waals surface area contributed by atoms with Crippen molar-refractivity contribution < 1.29 is 9.59 Å². The van der Waals surface area contributed by atoms with Gasteiger partial charge in [0.25, 0.3) is 0 Å². The summed E-state index contributed by atoms with van der Waals surface area (Å²) in [6.07, 6.45) is 1.21. The van der Waals surface area contributed by atoms with Crippen LogP contribution in [-0.2, 0) is 9.59 Å². The smallest absolute Gasteiger partial charge is 0.235 e. The lowest BCUT2D eigenvalue weighted by atomic mass is 9.70. The number of amides is 1. The first kappa shape index (κ1) is 20.5. The first-order valence-corrected chi connectivity index (χ1v) is 10.5. The van der Waals surface area contributed by atoms with Crippen molar-refractivity contribution in [2.24, 2.45) is 16.8 Å². The Hall–Kier alpha value is -2.79. The van der Waals surface area contributed by atoms with Crippen molar-refractivity contribution in [1.82, 2.24) is 4.98 Å². The number of nitrogens with zero attached hydrogens (tertiary/aromatic N) is 2. The zero-order chi connectivity index (χ0) is 21.4. The Bertz CT molecular complexity index is 1090. The summed E-state index contributed by atoms with van der Waals surface area (Å²) in [6, 6.07) is 12.9. The van der Waals surface area contributed by atoms with Crippen LogP contribution < -0.4 is 5.32 Å². The number of anilines is 1. The van der Waals surface area contributed by atoms with Crippen molar-refractivity contribution in [2.75, 3.05) is 5.32 Å². The molecule has 2 aliphatic rings. The molecule has 2 heterocycles. The molecule has 5 nitrogen and oxygen atoms in total. The topological polar surface area (TPSA) is 71.4 Å². The fourth-order valence-corrected chi connectivity index (χ4v) is 4.66. The number of hydrogen-bond acceptors (Lipinski definition) is 4. The van der Waals surface area contributed by atoms with Crippen LogP contribution in [-0.4, -0.2) is 22.4 Å². The number of nitrogens with one attached hydrogen (secondary N) is 1. The fourth-order valence-electron chi connectivity index (χ4n) is 4.47. The van der Waals surface area contributed by atoms with E-state index in [1.54, 1.807) is 12.1 Å². The second kappa shape index (κ2) is 8.15. The number of pyridine rings is 1. The molecule has 1 aliphatic heterocycles. The van der Waals surface area contributed by atoms with Crippen LogP contribution in [0, 0.1) is 18.8 Å². The quantitative estimate of drug-likeness (QED) is 0.748. The Morgan fingerprint density at radius 1 is 1.13 bits per heavy atom. The van der Waals surface area contributed by atoms with Gasteiger partial charge >= 0.3 is 0 Å². The second-order valence-corrected chi connectivity index (χ2v) is 8.65. The number of ketones is 1. The van der Waals surface area contributed by atoms with Crippen molar-refractivity contribution in [3.63, 3.8) is 0 Å². The van der Waals surface area contributed by atoms with Crippen LogP contribution >= 0.6 is 11.6 Å². The molecule has 1 amide bonds. The zero-order valence-corrected chi connectivity index (χ0v) is 18.0. The van der Waals surface area contributed by atoms with Gasteiger partial charge in [-0.2, -0.15) is 0 Å². The average Bonchev–Trinajstić information content (AvgIpc) is 2.66. The molecule has 0 radical (unpaired) electrons. The van der Waals surface area contributed by atoms with Gasteiger partial charge < -0.3 is 5.32 Å². The molecule has 6 heteroatoms. The van der Waals surface area contributed by atoms with E-state index in [0.29, 0.717) is 28.5 Å². The lowest BCUT2D eigenvalue weighted by Gasteiger charge is -2.36. The lowest BCUT2D eigenvalue weighted by Crippen LogP contribution is -2.39. The monoisotopic (exact) mass is 421 g/mol. The maximum atomic E-state index is 13.4. The minimum atomic E-state index is -0.609. The molecular weight excluding hydrogens is 398 g/mol. The summed E-state index contributed by atoms with van der Waals surface area (Å²) in [4.78, 5) is 35.6. The minimum Gasteiger partial charge on any atom is -0.310 e. The van der Waals surface area contributed by atoms with E-state index in [2.05, 4.69) is 17.2 Å². The first-order chi connectivity index (χ1) is 14.3. The molecule has 1 unspecified atom stereocenters. The molecule has 0 saturated carbocycles. The summed E-state index contributed by atoms with van der Waals surface area (Å²) in [5.41, 5.74) is 3.82. The number of allylic oxidation sites excluding steroid dienone is 2. The molecule has 0 spiro atoms. The third kappa shape index (κ3) is 3.94. The van der Waals surface area contributed by atoms with Gasteiger partial charge in [-0.15, -0.1) is 0 Å². The van der Waals surface area contributed by atoms with Crippen molar-refractivity contribution in [1.29, 1.82) is 0 Å². The van der Waals surface area contributed by atoms with Gasteiger partial charge in [0.05, 0.1) is 5.92 Å². The SMILES string of the molecule is CC1=NC2=C(C(=O)C[C@H](C)C2)[C@H](c2cccc(Cl)c2)C1C(=O)Nc1cccc(C)n1. The van der Waals surface area contributed by atoms with Gasteiger partial charge in [-0.25, -0.2) is 4.98 Å². The summed E-state index contributed by atoms with van der Waals surface area (Å²) >= 11 is 6.27. The standard InChI is InChI=1S/C24H24ClN3O2/c1-13-10-18-23(19(29)11-13)22(16-7-5-8-17(25)12-16)21(15(3)27-18)24(30)28-20-9-4-6-14(2)26-20/h4-9,12-13,21-22H,10-11H2,1-3H3,(H,26,28,30)/t13-,21?,22-/m1/s1. The number of aromatic nitrogens is 1. The Balaban J connectivity index is 1.79. The number of carbonyl (C=O) groups excluding carboxylic acids is 2. The molecule has 30 heavy (non-hydrogen) atoms. The van der Waals surface area contributed by atoms with Crippen LogP contribution in [0.3, 0.4) is 0 Å². The molecule has 154 valence electrons. The fraction of sp³-hybridized carbons (Fsp3) is 0.333. The molecule has 0 bridgehead atoms. The van der Waals surface area contributed by atoms with Crippen LogP contribution in [0.5, 0.6) is 0 Å². The van der Waals surface area contributed by atoms with E-state index < -0.39 is 11.8 Å². The maximum absolute atomic E-state index is 13.4. The summed E-state index contributed by atoms with van der Waals surface area (Å²) < 4.78 is 0. The highest BCUT2D eigenvalue weighted by Gasteiger charge is 2.43. The van der Waals surface area contributed by atoms with E-state index >= 15 is 0 Å². The molecule has 1 aliphatic carbocycles. The van der Waals surface area contributed by atoms with Crippen molar-refractivity contribution in [3.8, 4) is 0 Å². The molecule has 3 atom stereocenters. The number of carbonyl (C=O) groups is 2. The van der Waals surface area contributed by atoms with E-state index in [-0.39, 0.29) is 17.6 Å². The molecule has 2 aromatic rings. The van der Waals surface area contributed by atoms with E-state index in [9.17, 15) is 9.59 Å². The van der Waals surface area contributed by atoms with Crippen LogP contribution in [0.4, 0.5) is 5.82 Å². The normalized spacial score (nSPS) is 23.7. The van der Waals surface area contributed by atoms with Gasteiger partial charge in [0.2, 0.25) is 5.91 Å². The average molecular weight is 422 g/mol. The number of aryl methyl sites for hydroxylation is 1. The van der Waals surface area contributed by atoms with Gasteiger partial charge in [0.1, 0.15) is 5.82 Å². The largest absolute Gasteiger partial charge is 0.310 e. The van der Waals surface area contributed by atoms with Gasteiger partial charge in [-0.1, -0.05) is 36.7 Å². The minimum absolute atomic E-state index is 0.0662. The van der Waals surface area contributed by atoms with Gasteiger partial charge in [0, 0.05) is 40.0 Å². The second-order valence-electron chi connectivity index (χ2n) is 8.21. The van der Waals surface area contributed by atoms with E-state index in [4.69, 9.17) is 16.6 Å². The molecule has 1 N–H and O–H groups in total. The highest BCUT2D eigenvalue weighted by Crippen LogP contribution is 2.45. The Morgan fingerprint density at radius 3 is 2.63 bits per heavy atom. The molecule has 1 aromatic heterocycles. The number of Topliss-reactive ketones (excluding diaryl/α,β-unsaturated/α-hetero) is 1. The number of halogens is 1. The molecule has 0 fully saturated rings. The maximum Gasteiger partial charge on any atom is 0.235 e. The van der Waals surface area contributed by atoms with E-state index in [1.807, 2.05) is 44.2 Å². The van der Waals surface area contributed by atoms with Crippen LogP contribution in [0.2, 0.25) is 5.02 Å². The first-order valence-electron chi connectivity index (χ1n) is 10.1. The third-order valence-corrected chi connectivity index (χ3v) is 5.96.